The van der Waals surface area contributed by atoms with Gasteiger partial charge in [-0.3, -0.25) is 14.4 Å². The molecule has 0 bridgehead atoms. The SMILES string of the molecule is CCC(C)CCCCCCCCCCCCCCCCC(=O)O[C@H](COC(=O)CCCCCCCCCCCCCCCCC(C)C)COC(=O)CCCCCCCCCCCCCCC(C)C. The van der Waals surface area contributed by atoms with Crippen molar-refractivity contribution in [3.05, 3.63) is 0 Å². The van der Waals surface area contributed by atoms with Crippen molar-refractivity contribution in [2.24, 2.45) is 17.8 Å². The number of carbonyl (C=O) groups excluding carboxylic acids is 3. The number of hydrogen-bond donors (Lipinski definition) is 0. The Labute approximate surface area is 425 Å². The maximum atomic E-state index is 12.9. The maximum absolute atomic E-state index is 12.9. The highest BCUT2D eigenvalue weighted by Gasteiger charge is 2.19. The van der Waals surface area contributed by atoms with Crippen LogP contribution in [-0.4, -0.2) is 37.2 Å². The number of unbranched alkanes of at least 4 members (excludes halogenated alkanes) is 37. The minimum Gasteiger partial charge on any atom is -0.462 e. The van der Waals surface area contributed by atoms with Gasteiger partial charge in [-0.1, -0.05) is 305 Å². The molecule has 6 heteroatoms. The van der Waals surface area contributed by atoms with Gasteiger partial charge in [0.25, 0.3) is 0 Å². The molecular formula is C62H120O6. The third-order valence-corrected chi connectivity index (χ3v) is 14.5. The smallest absolute Gasteiger partial charge is 0.306 e. The first-order valence-electron chi connectivity index (χ1n) is 30.6. The van der Waals surface area contributed by atoms with Crippen LogP contribution in [0.4, 0.5) is 0 Å². The van der Waals surface area contributed by atoms with E-state index in [9.17, 15) is 14.4 Å². The van der Waals surface area contributed by atoms with Crippen LogP contribution in [0, 0.1) is 17.8 Å². The number of carbonyl (C=O) groups is 3. The van der Waals surface area contributed by atoms with E-state index in [0.717, 1.165) is 75.5 Å². The Morgan fingerprint density at radius 2 is 0.515 bits per heavy atom. The summed E-state index contributed by atoms with van der Waals surface area (Å²) in [6.45, 7) is 13.8. The lowest BCUT2D eigenvalue weighted by molar-refractivity contribution is -0.167. The molecule has 68 heavy (non-hydrogen) atoms. The molecule has 0 saturated carbocycles. The normalized spacial score (nSPS) is 12.5. The molecule has 0 aromatic heterocycles. The molecule has 0 aliphatic rings. The molecular weight excluding hydrogens is 841 g/mol. The summed E-state index contributed by atoms with van der Waals surface area (Å²) in [4.78, 5) is 38.2. The van der Waals surface area contributed by atoms with Crippen LogP contribution in [0.2, 0.25) is 0 Å². The second-order valence-electron chi connectivity index (χ2n) is 22.5. The van der Waals surface area contributed by atoms with Crippen molar-refractivity contribution in [3.8, 4) is 0 Å². The van der Waals surface area contributed by atoms with E-state index in [0.29, 0.717) is 19.3 Å². The molecule has 1 unspecified atom stereocenters. The highest BCUT2D eigenvalue weighted by molar-refractivity contribution is 5.71. The zero-order chi connectivity index (χ0) is 49.8. The molecule has 0 aliphatic heterocycles. The van der Waals surface area contributed by atoms with Crippen LogP contribution >= 0.6 is 0 Å². The summed E-state index contributed by atoms with van der Waals surface area (Å²) in [6.07, 6.45) is 56.6. The first-order chi connectivity index (χ1) is 33.1. The summed E-state index contributed by atoms with van der Waals surface area (Å²) >= 11 is 0. The van der Waals surface area contributed by atoms with Gasteiger partial charge in [0.1, 0.15) is 13.2 Å². The quantitative estimate of drug-likeness (QED) is 0.0343. The molecule has 404 valence electrons. The fourth-order valence-electron chi connectivity index (χ4n) is 9.50. The predicted octanol–water partition coefficient (Wildman–Crippen LogP) is 20.3. The lowest BCUT2D eigenvalue weighted by atomic mass is 9.99. The van der Waals surface area contributed by atoms with Gasteiger partial charge in [-0.05, 0) is 37.0 Å². The molecule has 0 N–H and O–H groups in total. The zero-order valence-electron chi connectivity index (χ0n) is 46.9. The van der Waals surface area contributed by atoms with Gasteiger partial charge in [-0.15, -0.1) is 0 Å². The van der Waals surface area contributed by atoms with Gasteiger partial charge in [-0.2, -0.15) is 0 Å². The van der Waals surface area contributed by atoms with Crippen molar-refractivity contribution in [1.29, 1.82) is 0 Å². The maximum Gasteiger partial charge on any atom is 0.306 e. The van der Waals surface area contributed by atoms with E-state index in [2.05, 4.69) is 41.5 Å². The van der Waals surface area contributed by atoms with E-state index >= 15 is 0 Å². The Hall–Kier alpha value is -1.59. The van der Waals surface area contributed by atoms with Crippen LogP contribution in [0.3, 0.4) is 0 Å². The van der Waals surface area contributed by atoms with Crippen molar-refractivity contribution in [1.82, 2.24) is 0 Å². The van der Waals surface area contributed by atoms with Crippen molar-refractivity contribution in [2.75, 3.05) is 13.2 Å². The van der Waals surface area contributed by atoms with E-state index in [4.69, 9.17) is 14.2 Å². The minimum atomic E-state index is -0.764. The van der Waals surface area contributed by atoms with E-state index in [1.54, 1.807) is 0 Å². The van der Waals surface area contributed by atoms with Crippen LogP contribution in [0.15, 0.2) is 0 Å². The van der Waals surface area contributed by atoms with Crippen LogP contribution < -0.4 is 0 Å². The van der Waals surface area contributed by atoms with E-state index in [1.807, 2.05) is 0 Å². The van der Waals surface area contributed by atoms with Crippen molar-refractivity contribution in [2.45, 2.75) is 349 Å². The van der Waals surface area contributed by atoms with Gasteiger partial charge in [0, 0.05) is 19.3 Å². The molecule has 2 atom stereocenters. The summed E-state index contributed by atoms with van der Waals surface area (Å²) in [6, 6.07) is 0. The molecule has 0 aliphatic carbocycles. The molecule has 0 fully saturated rings. The molecule has 0 aromatic rings. The van der Waals surface area contributed by atoms with E-state index < -0.39 is 6.10 Å². The van der Waals surface area contributed by atoms with Gasteiger partial charge in [-0.25, -0.2) is 0 Å². The minimum absolute atomic E-state index is 0.0630. The number of rotatable bonds is 55. The highest BCUT2D eigenvalue weighted by atomic mass is 16.6. The predicted molar refractivity (Wildman–Crippen MR) is 293 cm³/mol. The van der Waals surface area contributed by atoms with Crippen molar-refractivity contribution in [3.63, 3.8) is 0 Å². The second-order valence-corrected chi connectivity index (χ2v) is 22.5. The Balaban J connectivity index is 4.31. The Morgan fingerprint density at radius 3 is 0.765 bits per heavy atom. The summed E-state index contributed by atoms with van der Waals surface area (Å²) in [5, 5.41) is 0. The average Bonchev–Trinajstić information content (AvgIpc) is 3.31. The van der Waals surface area contributed by atoms with Crippen LogP contribution in [-0.2, 0) is 28.6 Å². The zero-order valence-corrected chi connectivity index (χ0v) is 46.9. The van der Waals surface area contributed by atoms with Gasteiger partial charge in [0.15, 0.2) is 6.10 Å². The fourth-order valence-corrected chi connectivity index (χ4v) is 9.50. The second kappa shape index (κ2) is 53.2. The van der Waals surface area contributed by atoms with Gasteiger partial charge >= 0.3 is 17.9 Å². The fraction of sp³-hybridized carbons (Fsp3) is 0.952. The van der Waals surface area contributed by atoms with E-state index in [-0.39, 0.29) is 31.1 Å². The summed E-state index contributed by atoms with van der Waals surface area (Å²) < 4.78 is 16.9. The molecule has 0 spiro atoms. The van der Waals surface area contributed by atoms with Gasteiger partial charge in [0.2, 0.25) is 0 Å². The van der Waals surface area contributed by atoms with E-state index in [1.165, 1.54) is 225 Å². The molecule has 0 saturated heterocycles. The summed E-state index contributed by atoms with van der Waals surface area (Å²) in [5.74, 6) is 1.73. The standard InChI is InChI=1S/C62H120O6/c1-7-58(6)50-44-38-32-26-20-13-9-11-15-23-29-35-41-47-53-62(65)68-59(55-67-61(64)52-46-40-34-28-22-17-16-19-25-31-37-43-49-57(4)5)54-66-60(63)51-45-39-33-27-21-14-10-8-12-18-24-30-36-42-48-56(2)3/h56-59H,7-55H2,1-6H3/t58?,59-/m1/s1. The molecule has 0 heterocycles. The van der Waals surface area contributed by atoms with Gasteiger partial charge < -0.3 is 14.2 Å². The summed E-state index contributed by atoms with van der Waals surface area (Å²) in [7, 11) is 0. The first-order valence-corrected chi connectivity index (χ1v) is 30.6. The topological polar surface area (TPSA) is 78.9 Å². The van der Waals surface area contributed by atoms with Crippen molar-refractivity contribution < 1.29 is 28.6 Å². The average molecular weight is 962 g/mol. The largest absolute Gasteiger partial charge is 0.462 e. The first kappa shape index (κ1) is 66.4. The monoisotopic (exact) mass is 961 g/mol. The van der Waals surface area contributed by atoms with Crippen molar-refractivity contribution >= 4 is 17.9 Å². The Bertz CT molecular complexity index is 1060. The van der Waals surface area contributed by atoms with Gasteiger partial charge in [0.05, 0.1) is 0 Å². The number of esters is 3. The summed E-state index contributed by atoms with van der Waals surface area (Å²) in [5.41, 5.74) is 0. The Kier molecular flexibility index (Phi) is 52.0. The molecule has 0 amide bonds. The van der Waals surface area contributed by atoms with Crippen LogP contribution in [0.1, 0.15) is 343 Å². The lowest BCUT2D eigenvalue weighted by Gasteiger charge is -2.18. The molecule has 6 nitrogen and oxygen atoms in total. The molecule has 0 aromatic carbocycles. The van der Waals surface area contributed by atoms with Crippen LogP contribution in [0.25, 0.3) is 0 Å². The number of ether oxygens (including phenoxy) is 3. The highest BCUT2D eigenvalue weighted by Crippen LogP contribution is 2.19. The third kappa shape index (κ3) is 53.8. The molecule has 0 radical (unpaired) electrons. The third-order valence-electron chi connectivity index (χ3n) is 14.5. The van der Waals surface area contributed by atoms with Crippen LogP contribution in [0.5, 0.6) is 0 Å². The Morgan fingerprint density at radius 1 is 0.294 bits per heavy atom. The lowest BCUT2D eigenvalue weighted by Crippen LogP contribution is -2.30. The molecule has 0 rings (SSSR count). The number of hydrogen-bond acceptors (Lipinski definition) is 6.